The zero-order valence-electron chi connectivity index (χ0n) is 16.8. The zero-order valence-corrected chi connectivity index (χ0v) is 17.6. The summed E-state index contributed by atoms with van der Waals surface area (Å²) in [5, 5.41) is 2.64. The van der Waals surface area contributed by atoms with E-state index in [0.717, 1.165) is 67.3 Å². The monoisotopic (exact) mass is 413 g/mol. The summed E-state index contributed by atoms with van der Waals surface area (Å²) in [4.78, 5) is 33.5. The van der Waals surface area contributed by atoms with Crippen molar-refractivity contribution < 1.29 is 14.3 Å². The van der Waals surface area contributed by atoms with Gasteiger partial charge in [0.05, 0.1) is 25.3 Å². The molecular weight excluding hydrogens is 386 g/mol. The first-order valence-corrected chi connectivity index (χ1v) is 11.2. The molecule has 1 atom stereocenters. The van der Waals surface area contributed by atoms with Crippen molar-refractivity contribution in [1.29, 1.82) is 0 Å². The first-order chi connectivity index (χ1) is 14.2. The van der Waals surface area contributed by atoms with Gasteiger partial charge in [-0.2, -0.15) is 0 Å². The van der Waals surface area contributed by atoms with E-state index in [1.165, 1.54) is 11.3 Å². The molecule has 1 unspecified atom stereocenters. The van der Waals surface area contributed by atoms with Gasteiger partial charge >= 0.3 is 0 Å². The number of carbonyl (C=O) groups excluding carboxylic acids is 2. The van der Waals surface area contributed by atoms with Gasteiger partial charge in [0.25, 0.3) is 0 Å². The fourth-order valence-corrected chi connectivity index (χ4v) is 5.06. The number of rotatable bonds is 5. The number of nitrogens with zero attached hydrogens (tertiary/aromatic N) is 3. The molecule has 2 aliphatic rings. The molecule has 154 valence electrons. The van der Waals surface area contributed by atoms with Crippen LogP contribution in [0.15, 0.2) is 29.6 Å². The van der Waals surface area contributed by atoms with E-state index in [0.29, 0.717) is 6.42 Å². The van der Waals surface area contributed by atoms with Crippen LogP contribution in [0.5, 0.6) is 5.75 Å². The lowest BCUT2D eigenvalue weighted by Gasteiger charge is -2.30. The molecule has 4 rings (SSSR count). The Morgan fingerprint density at radius 1 is 1.17 bits per heavy atom. The predicted octanol–water partition coefficient (Wildman–Crippen LogP) is 3.96. The SMILES string of the molecule is COc1ccc(C2CCCCCN2C(=O)Cc2csc(N3CCCC3=O)n2)cc1. The zero-order chi connectivity index (χ0) is 20.2. The number of methoxy groups -OCH3 is 1. The second kappa shape index (κ2) is 8.95. The standard InChI is InChI=1S/C22H27N3O3S/c1-28-18-10-8-16(9-11-18)19-6-3-2-4-12-24(19)21(27)14-17-15-29-22(23-17)25-13-5-7-20(25)26/h8-11,15,19H,2-7,12-14H2,1H3. The lowest BCUT2D eigenvalue weighted by Crippen LogP contribution is -2.36. The molecule has 1 aromatic carbocycles. The average Bonchev–Trinajstić information content (AvgIpc) is 3.29. The Hall–Kier alpha value is -2.41. The molecule has 2 fully saturated rings. The Morgan fingerprint density at radius 3 is 2.72 bits per heavy atom. The van der Waals surface area contributed by atoms with Gasteiger partial charge in [-0.05, 0) is 37.0 Å². The summed E-state index contributed by atoms with van der Waals surface area (Å²) in [6, 6.07) is 8.14. The van der Waals surface area contributed by atoms with Gasteiger partial charge < -0.3 is 9.64 Å². The average molecular weight is 414 g/mol. The van der Waals surface area contributed by atoms with Crippen molar-refractivity contribution in [2.75, 3.05) is 25.1 Å². The van der Waals surface area contributed by atoms with E-state index >= 15 is 0 Å². The number of carbonyl (C=O) groups is 2. The van der Waals surface area contributed by atoms with E-state index in [9.17, 15) is 9.59 Å². The van der Waals surface area contributed by atoms with Crippen LogP contribution in [0.4, 0.5) is 5.13 Å². The molecule has 0 spiro atoms. The number of aromatic nitrogens is 1. The minimum Gasteiger partial charge on any atom is -0.497 e. The molecule has 2 aliphatic heterocycles. The molecule has 1 aromatic heterocycles. The maximum absolute atomic E-state index is 13.2. The largest absolute Gasteiger partial charge is 0.497 e. The second-order valence-electron chi connectivity index (χ2n) is 7.67. The first kappa shape index (κ1) is 19.9. The Kier molecular flexibility index (Phi) is 6.13. The highest BCUT2D eigenvalue weighted by Crippen LogP contribution is 2.32. The maximum Gasteiger partial charge on any atom is 0.229 e. The Balaban J connectivity index is 1.49. The molecule has 0 N–H and O–H groups in total. The van der Waals surface area contributed by atoms with Gasteiger partial charge in [-0.25, -0.2) is 4.98 Å². The molecular formula is C22H27N3O3S. The van der Waals surface area contributed by atoms with Crippen LogP contribution in [0, 0.1) is 0 Å². The van der Waals surface area contributed by atoms with Crippen LogP contribution in [0.3, 0.4) is 0 Å². The summed E-state index contributed by atoms with van der Waals surface area (Å²) < 4.78 is 5.27. The Morgan fingerprint density at radius 2 is 2.00 bits per heavy atom. The van der Waals surface area contributed by atoms with E-state index < -0.39 is 0 Å². The quantitative estimate of drug-likeness (QED) is 0.744. The number of ether oxygens (including phenoxy) is 1. The van der Waals surface area contributed by atoms with Crippen LogP contribution in [-0.2, 0) is 16.0 Å². The first-order valence-electron chi connectivity index (χ1n) is 10.3. The van der Waals surface area contributed by atoms with Crippen LogP contribution in [-0.4, -0.2) is 41.9 Å². The molecule has 29 heavy (non-hydrogen) atoms. The predicted molar refractivity (Wildman–Crippen MR) is 113 cm³/mol. The highest BCUT2D eigenvalue weighted by Gasteiger charge is 2.28. The number of hydrogen-bond acceptors (Lipinski definition) is 5. The van der Waals surface area contributed by atoms with Gasteiger partial charge in [0.1, 0.15) is 5.75 Å². The molecule has 2 amide bonds. The van der Waals surface area contributed by atoms with Gasteiger partial charge in [-0.15, -0.1) is 11.3 Å². The van der Waals surface area contributed by atoms with Gasteiger partial charge in [0.15, 0.2) is 5.13 Å². The van der Waals surface area contributed by atoms with E-state index in [4.69, 9.17) is 4.74 Å². The molecule has 3 heterocycles. The van der Waals surface area contributed by atoms with Crippen LogP contribution >= 0.6 is 11.3 Å². The van der Waals surface area contributed by atoms with E-state index in [1.807, 2.05) is 22.4 Å². The summed E-state index contributed by atoms with van der Waals surface area (Å²) in [6.07, 6.45) is 6.03. The molecule has 0 radical (unpaired) electrons. The molecule has 0 aliphatic carbocycles. The highest BCUT2D eigenvalue weighted by atomic mass is 32.1. The number of likely N-dealkylation sites (tertiary alicyclic amines) is 1. The van der Waals surface area contributed by atoms with Gasteiger partial charge in [0, 0.05) is 24.9 Å². The minimum absolute atomic E-state index is 0.0918. The molecule has 0 saturated carbocycles. The van der Waals surface area contributed by atoms with Crippen molar-refractivity contribution in [3.8, 4) is 5.75 Å². The topological polar surface area (TPSA) is 62.7 Å². The van der Waals surface area contributed by atoms with Crippen LogP contribution in [0.2, 0.25) is 0 Å². The molecule has 2 aromatic rings. The summed E-state index contributed by atoms with van der Waals surface area (Å²) in [7, 11) is 1.66. The fourth-order valence-electron chi connectivity index (χ4n) is 4.19. The summed E-state index contributed by atoms with van der Waals surface area (Å²) >= 11 is 1.45. The number of anilines is 1. The van der Waals surface area contributed by atoms with Crippen molar-refractivity contribution in [3.63, 3.8) is 0 Å². The van der Waals surface area contributed by atoms with Crippen molar-refractivity contribution >= 4 is 28.3 Å². The fraction of sp³-hybridized carbons (Fsp3) is 0.500. The summed E-state index contributed by atoms with van der Waals surface area (Å²) in [6.45, 7) is 1.50. The van der Waals surface area contributed by atoms with E-state index in [-0.39, 0.29) is 24.3 Å². The van der Waals surface area contributed by atoms with Crippen LogP contribution in [0.25, 0.3) is 0 Å². The normalized spacial score (nSPS) is 20.0. The van der Waals surface area contributed by atoms with Crippen LogP contribution in [0.1, 0.15) is 55.8 Å². The second-order valence-corrected chi connectivity index (χ2v) is 8.51. The summed E-state index contributed by atoms with van der Waals surface area (Å²) in [5.74, 6) is 1.06. The number of thiazole rings is 1. The third-order valence-electron chi connectivity index (χ3n) is 5.75. The third kappa shape index (κ3) is 4.45. The van der Waals surface area contributed by atoms with Gasteiger partial charge in [-0.1, -0.05) is 25.0 Å². The van der Waals surface area contributed by atoms with Crippen molar-refractivity contribution in [1.82, 2.24) is 9.88 Å². The number of benzene rings is 1. The third-order valence-corrected chi connectivity index (χ3v) is 6.66. The molecule has 2 saturated heterocycles. The lowest BCUT2D eigenvalue weighted by atomic mass is 10.00. The number of amides is 2. The number of hydrogen-bond donors (Lipinski definition) is 0. The summed E-state index contributed by atoms with van der Waals surface area (Å²) in [5.41, 5.74) is 1.91. The van der Waals surface area contributed by atoms with Crippen molar-refractivity contribution in [2.45, 2.75) is 51.0 Å². The van der Waals surface area contributed by atoms with Crippen molar-refractivity contribution in [3.05, 3.63) is 40.9 Å². The Bertz CT molecular complexity index is 864. The van der Waals surface area contributed by atoms with Gasteiger partial charge in [0.2, 0.25) is 11.8 Å². The van der Waals surface area contributed by atoms with E-state index in [1.54, 1.807) is 12.0 Å². The maximum atomic E-state index is 13.2. The van der Waals surface area contributed by atoms with Gasteiger partial charge in [-0.3, -0.25) is 14.5 Å². The minimum atomic E-state index is 0.0918. The lowest BCUT2D eigenvalue weighted by molar-refractivity contribution is -0.133. The smallest absolute Gasteiger partial charge is 0.229 e. The van der Waals surface area contributed by atoms with Crippen molar-refractivity contribution in [2.24, 2.45) is 0 Å². The molecule has 7 heteroatoms. The molecule has 0 bridgehead atoms. The highest BCUT2D eigenvalue weighted by molar-refractivity contribution is 7.14. The molecule has 6 nitrogen and oxygen atoms in total. The van der Waals surface area contributed by atoms with Crippen LogP contribution < -0.4 is 9.64 Å². The van der Waals surface area contributed by atoms with E-state index in [2.05, 4.69) is 17.1 Å². The Labute approximate surface area is 175 Å².